The van der Waals surface area contributed by atoms with Gasteiger partial charge in [-0.3, -0.25) is 4.40 Å². The van der Waals surface area contributed by atoms with Crippen molar-refractivity contribution in [3.63, 3.8) is 0 Å². The number of carbonyl (C=O) groups is 1. The molecule has 0 saturated carbocycles. The van der Waals surface area contributed by atoms with E-state index in [9.17, 15) is 18.0 Å². The van der Waals surface area contributed by atoms with Crippen LogP contribution in [0.1, 0.15) is 16.1 Å². The molecular weight excluding hydrogens is 325 g/mol. The van der Waals surface area contributed by atoms with Crippen molar-refractivity contribution in [3.8, 4) is 5.69 Å². The van der Waals surface area contributed by atoms with Gasteiger partial charge in [0.2, 0.25) is 0 Å². The van der Waals surface area contributed by atoms with Gasteiger partial charge in [0.05, 0.1) is 12.0 Å². The fourth-order valence-corrected chi connectivity index (χ4v) is 2.25. The number of rotatable bonds is 2. The molecule has 10 heteroatoms. The van der Waals surface area contributed by atoms with Crippen LogP contribution in [0.15, 0.2) is 31.0 Å². The van der Waals surface area contributed by atoms with Gasteiger partial charge in [0.25, 0.3) is 0 Å². The first-order valence-corrected chi connectivity index (χ1v) is 6.17. The van der Waals surface area contributed by atoms with Gasteiger partial charge in [0, 0.05) is 18.6 Å². The molecule has 3 aromatic rings. The molecule has 0 atom stereocenters. The monoisotopic (exact) mass is 330 g/mol. The summed E-state index contributed by atoms with van der Waals surface area (Å²) in [5.74, 6) is -1.51. The Morgan fingerprint density at radius 2 is 2.09 bits per heavy atom. The number of hydrogen-bond acceptors (Lipinski definition) is 3. The highest BCUT2D eigenvalue weighted by atomic mass is 35.5. The van der Waals surface area contributed by atoms with E-state index in [-0.39, 0.29) is 5.69 Å². The molecule has 114 valence electrons. The smallest absolute Gasteiger partial charge is 0.420 e. The van der Waals surface area contributed by atoms with E-state index in [1.54, 1.807) is 0 Å². The van der Waals surface area contributed by atoms with Crippen LogP contribution in [0.3, 0.4) is 0 Å². The van der Waals surface area contributed by atoms with Crippen LogP contribution in [0.4, 0.5) is 13.2 Å². The highest BCUT2D eigenvalue weighted by Gasteiger charge is 2.36. The molecule has 0 fully saturated rings. The Labute approximate surface area is 125 Å². The Morgan fingerprint density at radius 3 is 2.64 bits per heavy atom. The van der Waals surface area contributed by atoms with Gasteiger partial charge in [0.15, 0.2) is 11.3 Å². The van der Waals surface area contributed by atoms with Crippen molar-refractivity contribution in [1.29, 1.82) is 0 Å². The fraction of sp³-hybridized carbons (Fsp3) is 0.0833. The predicted molar refractivity (Wildman–Crippen MR) is 69.3 cm³/mol. The van der Waals surface area contributed by atoms with Crippen molar-refractivity contribution in [1.82, 2.24) is 18.9 Å². The number of alkyl halides is 3. The van der Waals surface area contributed by atoms with E-state index >= 15 is 0 Å². The van der Waals surface area contributed by atoms with Gasteiger partial charge >= 0.3 is 12.1 Å². The van der Waals surface area contributed by atoms with Crippen molar-refractivity contribution in [2.75, 3.05) is 0 Å². The van der Waals surface area contributed by atoms with Gasteiger partial charge in [-0.05, 0) is 6.07 Å². The molecule has 0 aliphatic heterocycles. The van der Waals surface area contributed by atoms with Gasteiger partial charge in [-0.15, -0.1) is 0 Å². The van der Waals surface area contributed by atoms with E-state index < -0.39 is 34.2 Å². The van der Waals surface area contributed by atoms with E-state index in [0.29, 0.717) is 0 Å². The van der Waals surface area contributed by atoms with E-state index in [2.05, 4.69) is 9.97 Å². The Kier molecular flexibility index (Phi) is 3.10. The van der Waals surface area contributed by atoms with Crippen molar-refractivity contribution < 1.29 is 23.1 Å². The van der Waals surface area contributed by atoms with Crippen LogP contribution >= 0.6 is 11.6 Å². The molecule has 22 heavy (non-hydrogen) atoms. The first-order valence-electron chi connectivity index (χ1n) is 5.79. The van der Waals surface area contributed by atoms with Crippen molar-refractivity contribution >= 4 is 23.2 Å². The molecule has 0 aliphatic carbocycles. The van der Waals surface area contributed by atoms with Crippen LogP contribution in [0.2, 0.25) is 5.15 Å². The SMILES string of the molecule is O=C(O)c1nc2c(C(F)(F)F)cc(-n3ccnc3)cn2c1Cl. The Hall–Kier alpha value is -2.55. The van der Waals surface area contributed by atoms with Crippen LogP contribution in [0.25, 0.3) is 11.3 Å². The lowest BCUT2D eigenvalue weighted by Crippen LogP contribution is -2.09. The van der Waals surface area contributed by atoms with Gasteiger partial charge < -0.3 is 9.67 Å². The average Bonchev–Trinajstić information content (AvgIpc) is 3.05. The molecule has 0 bridgehead atoms. The van der Waals surface area contributed by atoms with Gasteiger partial charge in [-0.2, -0.15) is 13.2 Å². The first-order chi connectivity index (χ1) is 10.3. The summed E-state index contributed by atoms with van der Waals surface area (Å²) in [7, 11) is 0. The van der Waals surface area contributed by atoms with Gasteiger partial charge in [-0.25, -0.2) is 14.8 Å². The molecule has 0 aliphatic rings. The van der Waals surface area contributed by atoms with Crippen LogP contribution in [0.5, 0.6) is 0 Å². The molecule has 1 N–H and O–H groups in total. The summed E-state index contributed by atoms with van der Waals surface area (Å²) in [6.07, 6.45) is 0.695. The molecule has 3 heterocycles. The quantitative estimate of drug-likeness (QED) is 0.784. The van der Waals surface area contributed by atoms with Crippen molar-refractivity contribution in [3.05, 3.63) is 47.4 Å². The van der Waals surface area contributed by atoms with E-state index in [0.717, 1.165) is 10.5 Å². The second-order valence-electron chi connectivity index (χ2n) is 4.33. The van der Waals surface area contributed by atoms with Crippen molar-refractivity contribution in [2.45, 2.75) is 6.18 Å². The summed E-state index contributed by atoms with van der Waals surface area (Å²) in [6.45, 7) is 0. The third kappa shape index (κ3) is 2.19. The third-order valence-corrected chi connectivity index (χ3v) is 3.32. The van der Waals surface area contributed by atoms with Gasteiger partial charge in [0.1, 0.15) is 10.7 Å². The molecule has 0 amide bonds. The summed E-state index contributed by atoms with van der Waals surface area (Å²) in [4.78, 5) is 18.3. The minimum absolute atomic E-state index is 0.119. The summed E-state index contributed by atoms with van der Waals surface area (Å²) in [6, 6.07) is 0.853. The van der Waals surface area contributed by atoms with Crippen LogP contribution in [0, 0.1) is 0 Å². The van der Waals surface area contributed by atoms with E-state index in [1.165, 1.54) is 29.5 Å². The normalized spacial score (nSPS) is 12.0. The van der Waals surface area contributed by atoms with Crippen LogP contribution in [-0.4, -0.2) is 30.0 Å². The minimum Gasteiger partial charge on any atom is -0.476 e. The zero-order chi connectivity index (χ0) is 16.1. The summed E-state index contributed by atoms with van der Waals surface area (Å²) in [5, 5.41) is 8.55. The van der Waals surface area contributed by atoms with Crippen molar-refractivity contribution in [2.24, 2.45) is 0 Å². The number of carboxylic acid groups (broad SMARTS) is 1. The molecule has 6 nitrogen and oxygen atoms in total. The lowest BCUT2D eigenvalue weighted by atomic mass is 10.2. The van der Waals surface area contributed by atoms with Crippen LogP contribution in [-0.2, 0) is 6.18 Å². The Bertz CT molecular complexity index is 871. The lowest BCUT2D eigenvalue weighted by Gasteiger charge is -2.11. The summed E-state index contributed by atoms with van der Waals surface area (Å²) in [5.41, 5.74) is -2.18. The third-order valence-electron chi connectivity index (χ3n) is 2.96. The summed E-state index contributed by atoms with van der Waals surface area (Å²) < 4.78 is 41.9. The molecule has 3 rings (SSSR count). The molecule has 0 saturated heterocycles. The number of hydrogen-bond donors (Lipinski definition) is 1. The summed E-state index contributed by atoms with van der Waals surface area (Å²) >= 11 is 5.83. The zero-order valence-electron chi connectivity index (χ0n) is 10.5. The molecule has 0 aromatic carbocycles. The fourth-order valence-electron chi connectivity index (χ4n) is 2.00. The average molecular weight is 331 g/mol. The minimum atomic E-state index is -4.72. The Balaban J connectivity index is 2.39. The number of aromatic nitrogens is 4. The standard InChI is InChI=1S/C12H6ClF3N4O2/c13-9-8(11(21)22)18-10-7(12(14,15)16)3-6(4-20(9)10)19-2-1-17-5-19/h1-5H,(H,21,22). The highest BCUT2D eigenvalue weighted by molar-refractivity contribution is 6.32. The maximum atomic E-state index is 13.2. The molecular formula is C12H6ClF3N4O2. The Morgan fingerprint density at radius 1 is 1.36 bits per heavy atom. The number of nitrogens with zero attached hydrogens (tertiary/aromatic N) is 4. The number of halogens is 4. The molecule has 3 aromatic heterocycles. The highest BCUT2D eigenvalue weighted by Crippen LogP contribution is 2.35. The molecule has 0 unspecified atom stereocenters. The second kappa shape index (κ2) is 4.73. The number of fused-ring (bicyclic) bond motifs is 1. The lowest BCUT2D eigenvalue weighted by molar-refractivity contribution is -0.136. The predicted octanol–water partition coefficient (Wildman–Crippen LogP) is 2.89. The largest absolute Gasteiger partial charge is 0.476 e. The number of aromatic carboxylic acids is 1. The maximum Gasteiger partial charge on any atom is 0.420 e. The topological polar surface area (TPSA) is 72.4 Å². The number of imidazole rings is 2. The first kappa shape index (κ1) is 14.4. The molecule has 0 radical (unpaired) electrons. The van der Waals surface area contributed by atoms with E-state index in [1.807, 2.05) is 0 Å². The number of carboxylic acids is 1. The number of pyridine rings is 1. The second-order valence-corrected chi connectivity index (χ2v) is 4.69. The van der Waals surface area contributed by atoms with Crippen LogP contribution < -0.4 is 0 Å². The van der Waals surface area contributed by atoms with Gasteiger partial charge in [-0.1, -0.05) is 11.6 Å². The van der Waals surface area contributed by atoms with E-state index in [4.69, 9.17) is 16.7 Å². The maximum absolute atomic E-state index is 13.2. The zero-order valence-corrected chi connectivity index (χ0v) is 11.3. The molecule has 0 spiro atoms.